The number of piperazine rings is 1. The van der Waals surface area contributed by atoms with Gasteiger partial charge in [-0.25, -0.2) is 9.59 Å². The van der Waals surface area contributed by atoms with Gasteiger partial charge in [-0.05, 0) is 19.8 Å². The Morgan fingerprint density at radius 3 is 2.48 bits per heavy atom. The molecule has 0 aromatic heterocycles. The zero-order valence-corrected chi connectivity index (χ0v) is 12.4. The molecule has 2 rings (SSSR count). The summed E-state index contributed by atoms with van der Waals surface area (Å²) in [6.45, 7) is 2.44. The summed E-state index contributed by atoms with van der Waals surface area (Å²) in [5.41, 5.74) is -1.19. The highest BCUT2D eigenvalue weighted by Gasteiger charge is 2.42. The van der Waals surface area contributed by atoms with Crippen molar-refractivity contribution in [3.8, 4) is 0 Å². The standard InChI is InChI=1S/C14H23N3O4/c1-10-11(18)15-8-9-17(10)13(21)16-14(12(19)20)6-4-2-3-5-7-14/h10H,2-9H2,1H3,(H,15,18)(H,16,21)(H,19,20). The number of hydrogen-bond donors (Lipinski definition) is 3. The Balaban J connectivity index is 2.10. The molecule has 3 amide bonds. The Hall–Kier alpha value is -1.79. The largest absolute Gasteiger partial charge is 0.480 e. The summed E-state index contributed by atoms with van der Waals surface area (Å²) in [4.78, 5) is 37.1. The molecule has 0 aromatic rings. The van der Waals surface area contributed by atoms with Crippen LogP contribution in [-0.4, -0.2) is 52.6 Å². The summed E-state index contributed by atoms with van der Waals surface area (Å²) in [5, 5.41) is 15.0. The van der Waals surface area contributed by atoms with Crippen LogP contribution in [0, 0.1) is 0 Å². The number of amides is 3. The van der Waals surface area contributed by atoms with Crippen LogP contribution in [0.2, 0.25) is 0 Å². The number of carboxylic acids is 1. The fraction of sp³-hybridized carbons (Fsp3) is 0.786. The first-order valence-corrected chi connectivity index (χ1v) is 7.56. The maximum Gasteiger partial charge on any atom is 0.329 e. The van der Waals surface area contributed by atoms with Gasteiger partial charge < -0.3 is 20.6 Å². The average Bonchev–Trinajstić information content (AvgIpc) is 2.68. The second-order valence-electron chi connectivity index (χ2n) is 5.89. The van der Waals surface area contributed by atoms with E-state index in [0.29, 0.717) is 25.9 Å². The molecule has 0 spiro atoms. The molecule has 2 aliphatic rings. The first kappa shape index (κ1) is 15.6. The molecule has 118 valence electrons. The van der Waals surface area contributed by atoms with E-state index in [0.717, 1.165) is 25.7 Å². The van der Waals surface area contributed by atoms with Crippen molar-refractivity contribution >= 4 is 17.9 Å². The highest BCUT2D eigenvalue weighted by molar-refractivity contribution is 5.90. The zero-order chi connectivity index (χ0) is 15.5. The fourth-order valence-corrected chi connectivity index (χ4v) is 3.06. The number of carboxylic acid groups (broad SMARTS) is 1. The summed E-state index contributed by atoms with van der Waals surface area (Å²) in [7, 11) is 0. The van der Waals surface area contributed by atoms with E-state index >= 15 is 0 Å². The molecule has 1 saturated carbocycles. The number of aliphatic carboxylic acids is 1. The molecule has 1 heterocycles. The fourth-order valence-electron chi connectivity index (χ4n) is 3.06. The Morgan fingerprint density at radius 1 is 1.29 bits per heavy atom. The molecular formula is C14H23N3O4. The minimum atomic E-state index is -1.19. The van der Waals surface area contributed by atoms with Crippen LogP contribution in [0.15, 0.2) is 0 Å². The summed E-state index contributed by atoms with van der Waals surface area (Å²) >= 11 is 0. The van der Waals surface area contributed by atoms with Crippen molar-refractivity contribution in [2.45, 2.75) is 57.0 Å². The van der Waals surface area contributed by atoms with Crippen molar-refractivity contribution in [3.63, 3.8) is 0 Å². The van der Waals surface area contributed by atoms with E-state index in [9.17, 15) is 19.5 Å². The molecule has 1 aliphatic carbocycles. The SMILES string of the molecule is CC1C(=O)NCCN1C(=O)NC1(C(=O)O)CCCCCC1. The lowest BCUT2D eigenvalue weighted by Crippen LogP contribution is -2.63. The number of nitrogens with one attached hydrogen (secondary N) is 2. The van der Waals surface area contributed by atoms with Gasteiger partial charge in [0.1, 0.15) is 11.6 Å². The summed E-state index contributed by atoms with van der Waals surface area (Å²) in [6, 6.07) is -1.03. The molecule has 0 aromatic carbocycles. The van der Waals surface area contributed by atoms with E-state index in [2.05, 4.69) is 10.6 Å². The Morgan fingerprint density at radius 2 is 1.90 bits per heavy atom. The predicted octanol–water partition coefficient (Wildman–Crippen LogP) is 0.694. The molecule has 21 heavy (non-hydrogen) atoms. The van der Waals surface area contributed by atoms with Crippen molar-refractivity contribution < 1.29 is 19.5 Å². The topological polar surface area (TPSA) is 98.7 Å². The Labute approximate surface area is 124 Å². The highest BCUT2D eigenvalue weighted by atomic mass is 16.4. The van der Waals surface area contributed by atoms with Gasteiger partial charge in [0.05, 0.1) is 0 Å². The highest BCUT2D eigenvalue weighted by Crippen LogP contribution is 2.28. The van der Waals surface area contributed by atoms with Crippen molar-refractivity contribution in [2.24, 2.45) is 0 Å². The molecule has 7 heteroatoms. The smallest absolute Gasteiger partial charge is 0.329 e. The van der Waals surface area contributed by atoms with Crippen LogP contribution < -0.4 is 10.6 Å². The lowest BCUT2D eigenvalue weighted by Gasteiger charge is -2.37. The summed E-state index contributed by atoms with van der Waals surface area (Å²) in [5.74, 6) is -1.19. The van der Waals surface area contributed by atoms with Crippen molar-refractivity contribution in [3.05, 3.63) is 0 Å². The summed E-state index contributed by atoms with van der Waals surface area (Å²) in [6.07, 6.45) is 4.47. The predicted molar refractivity (Wildman–Crippen MR) is 75.8 cm³/mol. The van der Waals surface area contributed by atoms with Gasteiger partial charge in [0.2, 0.25) is 5.91 Å². The third-order valence-corrected chi connectivity index (χ3v) is 4.47. The van der Waals surface area contributed by atoms with Crippen LogP contribution in [0.3, 0.4) is 0 Å². The molecule has 2 fully saturated rings. The van der Waals surface area contributed by atoms with Gasteiger partial charge in [-0.2, -0.15) is 0 Å². The van der Waals surface area contributed by atoms with Gasteiger partial charge in [-0.3, -0.25) is 4.79 Å². The van der Waals surface area contributed by atoms with Crippen LogP contribution in [0.1, 0.15) is 45.4 Å². The van der Waals surface area contributed by atoms with Gasteiger partial charge in [-0.15, -0.1) is 0 Å². The van der Waals surface area contributed by atoms with E-state index in [1.165, 1.54) is 4.90 Å². The van der Waals surface area contributed by atoms with Crippen LogP contribution in [0.4, 0.5) is 4.79 Å². The summed E-state index contributed by atoms with van der Waals surface area (Å²) < 4.78 is 0. The minimum Gasteiger partial charge on any atom is -0.480 e. The van der Waals surface area contributed by atoms with Crippen LogP contribution >= 0.6 is 0 Å². The lowest BCUT2D eigenvalue weighted by molar-refractivity contribution is -0.145. The first-order chi connectivity index (χ1) is 9.96. The minimum absolute atomic E-state index is 0.207. The second kappa shape index (κ2) is 6.32. The molecule has 0 bridgehead atoms. The Kier molecular flexibility index (Phi) is 4.69. The normalized spacial score (nSPS) is 25.7. The number of urea groups is 1. The van der Waals surface area contributed by atoms with Gasteiger partial charge in [-0.1, -0.05) is 25.7 Å². The molecule has 1 aliphatic heterocycles. The van der Waals surface area contributed by atoms with Crippen molar-refractivity contribution in [1.82, 2.24) is 15.5 Å². The van der Waals surface area contributed by atoms with Gasteiger partial charge in [0.25, 0.3) is 0 Å². The maximum absolute atomic E-state index is 12.4. The van der Waals surface area contributed by atoms with Crippen LogP contribution in [-0.2, 0) is 9.59 Å². The number of rotatable bonds is 2. The van der Waals surface area contributed by atoms with Crippen LogP contribution in [0.25, 0.3) is 0 Å². The molecule has 3 N–H and O–H groups in total. The second-order valence-corrected chi connectivity index (χ2v) is 5.89. The molecule has 1 unspecified atom stereocenters. The van der Waals surface area contributed by atoms with E-state index in [4.69, 9.17) is 0 Å². The van der Waals surface area contributed by atoms with Gasteiger partial charge in [0, 0.05) is 13.1 Å². The molecule has 0 radical (unpaired) electrons. The van der Waals surface area contributed by atoms with E-state index in [1.54, 1.807) is 6.92 Å². The third-order valence-electron chi connectivity index (χ3n) is 4.47. The lowest BCUT2D eigenvalue weighted by atomic mass is 9.90. The van der Waals surface area contributed by atoms with Gasteiger partial charge in [0.15, 0.2) is 0 Å². The monoisotopic (exact) mass is 297 g/mol. The number of carbonyl (C=O) groups is 3. The quantitative estimate of drug-likeness (QED) is 0.653. The first-order valence-electron chi connectivity index (χ1n) is 7.56. The zero-order valence-electron chi connectivity index (χ0n) is 12.4. The van der Waals surface area contributed by atoms with E-state index < -0.39 is 23.6 Å². The molecule has 7 nitrogen and oxygen atoms in total. The number of nitrogens with zero attached hydrogens (tertiary/aromatic N) is 1. The molecular weight excluding hydrogens is 274 g/mol. The number of carbonyl (C=O) groups excluding carboxylic acids is 2. The van der Waals surface area contributed by atoms with Gasteiger partial charge >= 0.3 is 12.0 Å². The average molecular weight is 297 g/mol. The third kappa shape index (κ3) is 3.28. The van der Waals surface area contributed by atoms with E-state index in [1.807, 2.05) is 0 Å². The van der Waals surface area contributed by atoms with Crippen molar-refractivity contribution in [1.29, 1.82) is 0 Å². The maximum atomic E-state index is 12.4. The van der Waals surface area contributed by atoms with E-state index in [-0.39, 0.29) is 5.91 Å². The molecule has 1 atom stereocenters. The number of hydrogen-bond acceptors (Lipinski definition) is 3. The Bertz CT molecular complexity index is 430. The van der Waals surface area contributed by atoms with Crippen molar-refractivity contribution in [2.75, 3.05) is 13.1 Å². The molecule has 1 saturated heterocycles. The van der Waals surface area contributed by atoms with Crippen LogP contribution in [0.5, 0.6) is 0 Å².